The number of aromatic hydroxyl groups is 1. The summed E-state index contributed by atoms with van der Waals surface area (Å²) in [4.78, 5) is 20.6. The van der Waals surface area contributed by atoms with Gasteiger partial charge in [0.1, 0.15) is 0 Å². The van der Waals surface area contributed by atoms with Crippen LogP contribution in [0.5, 0.6) is 5.88 Å². The Bertz CT molecular complexity index is 353. The molecule has 6 nitrogen and oxygen atoms in total. The van der Waals surface area contributed by atoms with Gasteiger partial charge in [-0.25, -0.2) is 0 Å². The molecule has 7 heteroatoms. The Morgan fingerprint density at radius 3 is 2.42 bits per heavy atom. The molecule has 1 aromatic rings. The molecule has 0 atom stereocenters. The standard InChI is InChI=1S/C5H7N3O3S/c1-7(2)8-4(9)3(6-11)12-5(8)10/h9H,1-2H3. The number of nitroso groups, excluding NO2 is 1. The van der Waals surface area contributed by atoms with Gasteiger partial charge in [-0.3, -0.25) is 4.79 Å². The van der Waals surface area contributed by atoms with Crippen LogP contribution in [0, 0.1) is 4.91 Å². The summed E-state index contributed by atoms with van der Waals surface area (Å²) in [5, 5.41) is 12.9. The van der Waals surface area contributed by atoms with Crippen molar-refractivity contribution in [3.8, 4) is 5.88 Å². The van der Waals surface area contributed by atoms with E-state index in [2.05, 4.69) is 5.18 Å². The second-order valence-electron chi connectivity index (χ2n) is 2.25. The number of thiazole rings is 1. The van der Waals surface area contributed by atoms with E-state index >= 15 is 0 Å². The van der Waals surface area contributed by atoms with Gasteiger partial charge in [-0.15, -0.1) is 4.91 Å². The van der Waals surface area contributed by atoms with Gasteiger partial charge in [0, 0.05) is 14.1 Å². The highest BCUT2D eigenvalue weighted by Gasteiger charge is 2.15. The van der Waals surface area contributed by atoms with E-state index in [1.807, 2.05) is 0 Å². The average molecular weight is 189 g/mol. The van der Waals surface area contributed by atoms with Gasteiger partial charge in [0.05, 0.1) is 0 Å². The van der Waals surface area contributed by atoms with Crippen LogP contribution >= 0.6 is 11.3 Å². The Labute approximate surface area is 71.6 Å². The van der Waals surface area contributed by atoms with E-state index < -0.39 is 10.8 Å². The number of rotatable bonds is 2. The van der Waals surface area contributed by atoms with Gasteiger partial charge in [-0.1, -0.05) is 0 Å². The smallest absolute Gasteiger partial charge is 0.331 e. The van der Waals surface area contributed by atoms with Crippen LogP contribution < -0.4 is 9.88 Å². The molecule has 0 fully saturated rings. The molecular weight excluding hydrogens is 182 g/mol. The Balaban J connectivity index is 3.38. The molecule has 0 aliphatic heterocycles. The van der Waals surface area contributed by atoms with Crippen LogP contribution in [0.1, 0.15) is 0 Å². The molecule has 0 aliphatic carbocycles. The number of hydrogen-bond donors (Lipinski definition) is 1. The Morgan fingerprint density at radius 1 is 1.58 bits per heavy atom. The summed E-state index contributed by atoms with van der Waals surface area (Å²) >= 11 is 0.606. The first-order valence-corrected chi connectivity index (χ1v) is 3.85. The predicted molar refractivity (Wildman–Crippen MR) is 45.8 cm³/mol. The zero-order valence-corrected chi connectivity index (χ0v) is 7.33. The fraction of sp³-hybridized carbons (Fsp3) is 0.400. The minimum absolute atomic E-state index is 0.200. The van der Waals surface area contributed by atoms with Crippen LogP contribution in [-0.4, -0.2) is 23.9 Å². The molecule has 0 spiro atoms. The highest BCUT2D eigenvalue weighted by atomic mass is 32.1. The maximum absolute atomic E-state index is 11.0. The van der Waals surface area contributed by atoms with Crippen molar-refractivity contribution in [3.05, 3.63) is 14.6 Å². The highest BCUT2D eigenvalue weighted by Crippen LogP contribution is 2.28. The lowest BCUT2D eigenvalue weighted by Gasteiger charge is -2.12. The summed E-state index contributed by atoms with van der Waals surface area (Å²) in [5.74, 6) is -0.412. The summed E-state index contributed by atoms with van der Waals surface area (Å²) in [6.07, 6.45) is 0. The van der Waals surface area contributed by atoms with Crippen LogP contribution in [0.15, 0.2) is 9.97 Å². The van der Waals surface area contributed by atoms with E-state index in [9.17, 15) is 14.8 Å². The second kappa shape index (κ2) is 2.94. The van der Waals surface area contributed by atoms with Gasteiger partial charge in [-0.05, 0) is 16.5 Å². The third kappa shape index (κ3) is 1.18. The summed E-state index contributed by atoms with van der Waals surface area (Å²) in [6.45, 7) is 0. The molecule has 0 amide bonds. The molecule has 1 aromatic heterocycles. The molecule has 0 aliphatic rings. The van der Waals surface area contributed by atoms with E-state index in [0.29, 0.717) is 11.3 Å². The summed E-state index contributed by atoms with van der Waals surface area (Å²) in [6, 6.07) is 0. The number of aromatic nitrogens is 1. The molecule has 0 aromatic carbocycles. The van der Waals surface area contributed by atoms with E-state index in [4.69, 9.17) is 0 Å². The SMILES string of the molecule is CN(C)n1c(O)c(N=O)sc1=O. The van der Waals surface area contributed by atoms with Gasteiger partial charge in [0.15, 0.2) is 0 Å². The van der Waals surface area contributed by atoms with Gasteiger partial charge in [-0.2, -0.15) is 4.68 Å². The van der Waals surface area contributed by atoms with E-state index in [0.717, 1.165) is 4.68 Å². The van der Waals surface area contributed by atoms with Gasteiger partial charge >= 0.3 is 4.87 Å². The molecule has 1 rings (SSSR count). The third-order valence-electron chi connectivity index (χ3n) is 1.23. The molecule has 66 valence electrons. The van der Waals surface area contributed by atoms with Crippen molar-refractivity contribution in [2.24, 2.45) is 5.18 Å². The van der Waals surface area contributed by atoms with Crippen molar-refractivity contribution >= 4 is 16.3 Å². The minimum Gasteiger partial charge on any atom is -0.491 e. The molecule has 1 heterocycles. The molecule has 0 saturated carbocycles. The summed E-state index contributed by atoms with van der Waals surface area (Å²) in [7, 11) is 3.14. The Morgan fingerprint density at radius 2 is 2.17 bits per heavy atom. The zero-order chi connectivity index (χ0) is 9.30. The number of hydrogen-bond acceptors (Lipinski definition) is 6. The Kier molecular flexibility index (Phi) is 2.13. The third-order valence-corrected chi connectivity index (χ3v) is 2.03. The lowest BCUT2D eigenvalue weighted by Crippen LogP contribution is -2.32. The lowest BCUT2D eigenvalue weighted by atomic mass is 10.8. The maximum atomic E-state index is 11.0. The molecule has 0 unspecified atom stereocenters. The summed E-state index contributed by atoms with van der Waals surface area (Å²) in [5.41, 5.74) is 0. The van der Waals surface area contributed by atoms with Crippen molar-refractivity contribution in [3.63, 3.8) is 0 Å². The first-order chi connectivity index (χ1) is 5.57. The molecule has 0 bridgehead atoms. The lowest BCUT2D eigenvalue weighted by molar-refractivity contribution is 0.418. The highest BCUT2D eigenvalue weighted by molar-refractivity contribution is 7.13. The number of nitrogens with zero attached hydrogens (tertiary/aromatic N) is 3. The van der Waals surface area contributed by atoms with E-state index in [1.54, 1.807) is 14.1 Å². The predicted octanol–water partition coefficient (Wildman–Crippen LogP) is 0.211. The van der Waals surface area contributed by atoms with E-state index in [-0.39, 0.29) is 5.00 Å². The van der Waals surface area contributed by atoms with E-state index in [1.165, 1.54) is 5.01 Å². The Hall–Kier alpha value is -1.37. The zero-order valence-electron chi connectivity index (χ0n) is 6.51. The quantitative estimate of drug-likeness (QED) is 0.675. The molecule has 0 radical (unpaired) electrons. The van der Waals surface area contributed by atoms with Crippen molar-refractivity contribution in [1.29, 1.82) is 0 Å². The van der Waals surface area contributed by atoms with Crippen molar-refractivity contribution in [2.75, 3.05) is 19.1 Å². The topological polar surface area (TPSA) is 74.9 Å². The fourth-order valence-corrected chi connectivity index (χ4v) is 1.48. The first kappa shape index (κ1) is 8.72. The normalized spacial score (nSPS) is 9.83. The van der Waals surface area contributed by atoms with Gasteiger partial charge < -0.3 is 10.1 Å². The van der Waals surface area contributed by atoms with Crippen molar-refractivity contribution in [2.45, 2.75) is 0 Å². The van der Waals surface area contributed by atoms with Crippen LogP contribution in [0.25, 0.3) is 0 Å². The van der Waals surface area contributed by atoms with Crippen molar-refractivity contribution in [1.82, 2.24) is 4.68 Å². The van der Waals surface area contributed by atoms with Crippen molar-refractivity contribution < 1.29 is 5.11 Å². The minimum atomic E-state index is -0.438. The first-order valence-electron chi connectivity index (χ1n) is 3.03. The van der Waals surface area contributed by atoms with Gasteiger partial charge in [0.25, 0.3) is 5.88 Å². The largest absolute Gasteiger partial charge is 0.491 e. The van der Waals surface area contributed by atoms with Gasteiger partial charge in [0.2, 0.25) is 5.00 Å². The monoisotopic (exact) mass is 189 g/mol. The molecule has 12 heavy (non-hydrogen) atoms. The fourth-order valence-electron chi connectivity index (χ4n) is 0.761. The van der Waals surface area contributed by atoms with Crippen LogP contribution in [0.3, 0.4) is 0 Å². The maximum Gasteiger partial charge on any atom is 0.331 e. The molecule has 1 N–H and O–H groups in total. The van der Waals surface area contributed by atoms with Crippen LogP contribution in [-0.2, 0) is 0 Å². The average Bonchev–Trinajstić information content (AvgIpc) is 2.25. The summed E-state index contributed by atoms with van der Waals surface area (Å²) < 4.78 is 0.960. The molecule has 0 saturated heterocycles. The van der Waals surface area contributed by atoms with Crippen LogP contribution in [0.2, 0.25) is 0 Å². The molecular formula is C5H7N3O3S. The van der Waals surface area contributed by atoms with Crippen LogP contribution in [0.4, 0.5) is 5.00 Å². The second-order valence-corrected chi connectivity index (χ2v) is 3.19.